The van der Waals surface area contributed by atoms with Crippen LogP contribution in [0.1, 0.15) is 18.6 Å². The van der Waals surface area contributed by atoms with Crippen LogP contribution in [-0.4, -0.2) is 28.6 Å². The predicted octanol–water partition coefficient (Wildman–Crippen LogP) is 3.45. The maximum atomic E-state index is 13.4. The standard InChI is InChI=1S/C25H21N3O5/c1-16(29)33-22(17-9-4-3-5-10-17)24(30)27-28-23(18-11-8-12-19(15-18)32-2)26-21-14-7-6-13-20(21)25(28)31/h3-15,22H,1-2H3,(H,27,30)/t22-/m0/s1. The van der Waals surface area contributed by atoms with Gasteiger partial charge in [-0.15, -0.1) is 0 Å². The van der Waals surface area contributed by atoms with Crippen molar-refractivity contribution in [2.45, 2.75) is 13.0 Å². The third-order valence-electron chi connectivity index (χ3n) is 4.95. The van der Waals surface area contributed by atoms with Crippen molar-refractivity contribution in [2.24, 2.45) is 0 Å². The van der Waals surface area contributed by atoms with Crippen LogP contribution in [0.5, 0.6) is 5.75 Å². The molecule has 0 aliphatic heterocycles. The molecule has 8 heteroatoms. The first-order valence-corrected chi connectivity index (χ1v) is 10.2. The molecule has 0 aliphatic rings. The fourth-order valence-corrected chi connectivity index (χ4v) is 3.43. The van der Waals surface area contributed by atoms with Crippen LogP contribution in [0.15, 0.2) is 83.7 Å². The van der Waals surface area contributed by atoms with Gasteiger partial charge in [0.05, 0.1) is 18.0 Å². The number of methoxy groups -OCH3 is 1. The zero-order valence-corrected chi connectivity index (χ0v) is 18.0. The molecule has 33 heavy (non-hydrogen) atoms. The Morgan fingerprint density at radius 2 is 1.70 bits per heavy atom. The van der Waals surface area contributed by atoms with Gasteiger partial charge in [0.25, 0.3) is 11.5 Å². The molecule has 1 amide bonds. The van der Waals surface area contributed by atoms with Gasteiger partial charge in [-0.05, 0) is 24.3 Å². The summed E-state index contributed by atoms with van der Waals surface area (Å²) in [6.45, 7) is 1.22. The number of carbonyl (C=O) groups is 2. The molecule has 4 aromatic rings. The number of nitrogens with zero attached hydrogens (tertiary/aromatic N) is 2. The number of para-hydroxylation sites is 1. The molecule has 166 valence electrons. The van der Waals surface area contributed by atoms with E-state index >= 15 is 0 Å². The summed E-state index contributed by atoms with van der Waals surface area (Å²) in [5.74, 6) is -0.550. The molecule has 3 aromatic carbocycles. The Kier molecular flexibility index (Phi) is 6.17. The van der Waals surface area contributed by atoms with Crippen LogP contribution in [0.25, 0.3) is 22.3 Å². The van der Waals surface area contributed by atoms with Gasteiger partial charge in [0.2, 0.25) is 6.10 Å². The lowest BCUT2D eigenvalue weighted by atomic mass is 10.1. The largest absolute Gasteiger partial charge is 0.497 e. The van der Waals surface area contributed by atoms with Crippen molar-refractivity contribution in [1.29, 1.82) is 0 Å². The van der Waals surface area contributed by atoms with Crippen molar-refractivity contribution >= 4 is 22.8 Å². The van der Waals surface area contributed by atoms with E-state index in [9.17, 15) is 14.4 Å². The lowest BCUT2D eigenvalue weighted by Crippen LogP contribution is -2.38. The fraction of sp³-hybridized carbons (Fsp3) is 0.120. The second-order valence-electron chi connectivity index (χ2n) is 7.20. The Bertz CT molecular complexity index is 1380. The highest BCUT2D eigenvalue weighted by Crippen LogP contribution is 2.24. The lowest BCUT2D eigenvalue weighted by molar-refractivity contribution is -0.152. The number of hydrogen-bond acceptors (Lipinski definition) is 6. The second kappa shape index (κ2) is 9.35. The molecule has 1 N–H and O–H groups in total. The summed E-state index contributed by atoms with van der Waals surface area (Å²) in [5, 5.41) is 0.327. The summed E-state index contributed by atoms with van der Waals surface area (Å²) in [6, 6.07) is 22.4. The second-order valence-corrected chi connectivity index (χ2v) is 7.20. The van der Waals surface area contributed by atoms with E-state index in [2.05, 4.69) is 10.4 Å². The Labute approximate surface area is 189 Å². The third-order valence-corrected chi connectivity index (χ3v) is 4.95. The van der Waals surface area contributed by atoms with Crippen LogP contribution in [0.3, 0.4) is 0 Å². The van der Waals surface area contributed by atoms with E-state index in [1.165, 1.54) is 14.0 Å². The van der Waals surface area contributed by atoms with Crippen LogP contribution < -0.4 is 15.7 Å². The summed E-state index contributed by atoms with van der Waals surface area (Å²) in [4.78, 5) is 42.9. The highest BCUT2D eigenvalue weighted by molar-refractivity contribution is 5.91. The number of nitrogens with one attached hydrogen (secondary N) is 1. The minimum atomic E-state index is -1.25. The fourth-order valence-electron chi connectivity index (χ4n) is 3.43. The lowest BCUT2D eigenvalue weighted by Gasteiger charge is -2.20. The Balaban J connectivity index is 1.85. The summed E-state index contributed by atoms with van der Waals surface area (Å²) >= 11 is 0. The maximum absolute atomic E-state index is 13.4. The summed E-state index contributed by atoms with van der Waals surface area (Å²) in [6.07, 6.45) is -1.25. The van der Waals surface area contributed by atoms with Gasteiger partial charge in [-0.25, -0.2) is 4.98 Å². The van der Waals surface area contributed by atoms with E-state index < -0.39 is 23.5 Å². The van der Waals surface area contributed by atoms with Crippen molar-refractivity contribution < 1.29 is 19.1 Å². The van der Waals surface area contributed by atoms with Crippen LogP contribution in [0.4, 0.5) is 0 Å². The highest BCUT2D eigenvalue weighted by atomic mass is 16.5. The SMILES string of the molecule is COc1cccc(-c2nc3ccccc3c(=O)n2NC(=O)[C@@H](OC(C)=O)c2ccccc2)c1. The topological polar surface area (TPSA) is 99.5 Å². The molecule has 1 aromatic heterocycles. The van der Waals surface area contributed by atoms with Gasteiger partial charge in [-0.3, -0.25) is 19.8 Å². The van der Waals surface area contributed by atoms with Crippen LogP contribution in [0, 0.1) is 0 Å². The first-order chi connectivity index (χ1) is 16.0. The maximum Gasteiger partial charge on any atom is 0.303 e. The number of aromatic nitrogens is 2. The van der Waals surface area contributed by atoms with Gasteiger partial charge in [0.15, 0.2) is 5.82 Å². The van der Waals surface area contributed by atoms with Gasteiger partial charge >= 0.3 is 5.97 Å². The summed E-state index contributed by atoms with van der Waals surface area (Å²) < 4.78 is 11.6. The van der Waals surface area contributed by atoms with Crippen LogP contribution in [0.2, 0.25) is 0 Å². The van der Waals surface area contributed by atoms with Gasteiger partial charge in [-0.1, -0.05) is 54.6 Å². The predicted molar refractivity (Wildman–Crippen MR) is 123 cm³/mol. The first kappa shape index (κ1) is 21.8. The minimum Gasteiger partial charge on any atom is -0.497 e. The number of fused-ring (bicyclic) bond motifs is 1. The number of ether oxygens (including phenoxy) is 2. The number of esters is 1. The Hall–Kier alpha value is -4.46. The molecule has 1 heterocycles. The molecule has 0 saturated heterocycles. The molecule has 0 aliphatic carbocycles. The minimum absolute atomic E-state index is 0.209. The highest BCUT2D eigenvalue weighted by Gasteiger charge is 2.26. The average Bonchev–Trinajstić information content (AvgIpc) is 2.84. The zero-order valence-electron chi connectivity index (χ0n) is 18.0. The summed E-state index contributed by atoms with van der Waals surface area (Å²) in [5.41, 5.74) is 3.63. The van der Waals surface area contributed by atoms with Crippen molar-refractivity contribution in [3.8, 4) is 17.1 Å². The molecule has 0 unspecified atom stereocenters. The first-order valence-electron chi connectivity index (χ1n) is 10.2. The molecule has 1 atom stereocenters. The normalized spacial score (nSPS) is 11.6. The van der Waals surface area contributed by atoms with Crippen molar-refractivity contribution in [3.05, 3.63) is 94.8 Å². The smallest absolute Gasteiger partial charge is 0.303 e. The summed E-state index contributed by atoms with van der Waals surface area (Å²) in [7, 11) is 1.53. The number of benzene rings is 3. The van der Waals surface area contributed by atoms with E-state index in [0.29, 0.717) is 27.8 Å². The van der Waals surface area contributed by atoms with E-state index in [0.717, 1.165) is 4.68 Å². The Morgan fingerprint density at radius 1 is 0.970 bits per heavy atom. The average molecular weight is 443 g/mol. The molecular formula is C25H21N3O5. The molecule has 0 fully saturated rings. The van der Waals surface area contributed by atoms with Crippen molar-refractivity contribution in [2.75, 3.05) is 12.5 Å². The number of rotatable bonds is 6. The number of amides is 1. The Morgan fingerprint density at radius 3 is 2.42 bits per heavy atom. The number of hydrogen-bond donors (Lipinski definition) is 1. The third kappa shape index (κ3) is 4.59. The monoisotopic (exact) mass is 443 g/mol. The van der Waals surface area contributed by atoms with Crippen molar-refractivity contribution in [3.63, 3.8) is 0 Å². The van der Waals surface area contributed by atoms with Gasteiger partial charge in [0, 0.05) is 18.1 Å². The van der Waals surface area contributed by atoms with E-state index in [-0.39, 0.29) is 5.82 Å². The quantitative estimate of drug-likeness (QED) is 0.458. The van der Waals surface area contributed by atoms with Crippen LogP contribution >= 0.6 is 0 Å². The van der Waals surface area contributed by atoms with Crippen molar-refractivity contribution in [1.82, 2.24) is 9.66 Å². The molecule has 0 spiro atoms. The molecule has 8 nitrogen and oxygen atoms in total. The van der Waals surface area contributed by atoms with E-state index in [1.54, 1.807) is 78.9 Å². The van der Waals surface area contributed by atoms with Crippen LogP contribution in [-0.2, 0) is 14.3 Å². The van der Waals surface area contributed by atoms with Gasteiger partial charge in [-0.2, -0.15) is 4.68 Å². The molecule has 0 radical (unpaired) electrons. The molecule has 4 rings (SSSR count). The zero-order chi connectivity index (χ0) is 23.4. The van der Waals surface area contributed by atoms with E-state index in [1.807, 2.05) is 0 Å². The molecule has 0 saturated carbocycles. The molecular weight excluding hydrogens is 422 g/mol. The van der Waals surface area contributed by atoms with E-state index in [4.69, 9.17) is 9.47 Å². The number of carbonyl (C=O) groups excluding carboxylic acids is 2. The van der Waals surface area contributed by atoms with Gasteiger partial charge < -0.3 is 9.47 Å². The van der Waals surface area contributed by atoms with Gasteiger partial charge in [0.1, 0.15) is 5.75 Å². The molecule has 0 bridgehead atoms.